The first-order chi connectivity index (χ1) is 12.8. The van der Waals surface area contributed by atoms with Gasteiger partial charge >= 0.3 is 6.18 Å². The fraction of sp³-hybridized carbons (Fsp3) is 0.353. The van der Waals surface area contributed by atoms with Gasteiger partial charge < -0.3 is 4.90 Å². The zero-order chi connectivity index (χ0) is 19.2. The number of carbonyl (C=O) groups is 1. The standard InChI is InChI=1S/C17H15F4N5O/c18-15-14(22-13-3-1-2-7-25(13)15)16(27)24-8-4-11(5-9-24)26-10-6-12(23-26)17(19,20)21/h1-3,6-7,10-11H,4-5,8-9H2. The highest BCUT2D eigenvalue weighted by Crippen LogP contribution is 2.30. The number of aromatic nitrogens is 4. The molecule has 0 bridgehead atoms. The Labute approximate surface area is 151 Å². The summed E-state index contributed by atoms with van der Waals surface area (Å²) in [7, 11) is 0. The van der Waals surface area contributed by atoms with Gasteiger partial charge in [0.2, 0.25) is 5.95 Å². The van der Waals surface area contributed by atoms with Gasteiger partial charge in [-0.15, -0.1) is 0 Å². The van der Waals surface area contributed by atoms with E-state index in [0.29, 0.717) is 18.5 Å². The Kier molecular flexibility index (Phi) is 4.12. The highest BCUT2D eigenvalue weighted by molar-refractivity contribution is 5.93. The van der Waals surface area contributed by atoms with Gasteiger partial charge in [0.25, 0.3) is 5.91 Å². The van der Waals surface area contributed by atoms with Crippen LogP contribution < -0.4 is 0 Å². The van der Waals surface area contributed by atoms with Crippen molar-refractivity contribution in [2.75, 3.05) is 13.1 Å². The minimum Gasteiger partial charge on any atom is -0.337 e. The number of imidazole rings is 1. The number of rotatable bonds is 2. The van der Waals surface area contributed by atoms with E-state index in [-0.39, 0.29) is 24.8 Å². The third-order valence-corrected chi connectivity index (χ3v) is 4.70. The Hall–Kier alpha value is -2.91. The number of halogens is 4. The van der Waals surface area contributed by atoms with E-state index in [4.69, 9.17) is 0 Å². The first kappa shape index (κ1) is 17.5. The molecule has 1 aliphatic rings. The van der Waals surface area contributed by atoms with Crippen molar-refractivity contribution in [3.8, 4) is 0 Å². The van der Waals surface area contributed by atoms with Gasteiger partial charge in [-0.1, -0.05) is 6.07 Å². The zero-order valence-corrected chi connectivity index (χ0v) is 14.0. The Balaban J connectivity index is 1.46. The smallest absolute Gasteiger partial charge is 0.337 e. The Morgan fingerprint density at radius 3 is 2.48 bits per heavy atom. The molecule has 1 fully saturated rings. The van der Waals surface area contributed by atoms with Gasteiger partial charge in [0.1, 0.15) is 5.65 Å². The summed E-state index contributed by atoms with van der Waals surface area (Å²) in [5.41, 5.74) is -0.852. The van der Waals surface area contributed by atoms with E-state index < -0.39 is 23.7 Å². The van der Waals surface area contributed by atoms with Gasteiger partial charge in [0.15, 0.2) is 11.4 Å². The van der Waals surface area contributed by atoms with Crippen LogP contribution >= 0.6 is 0 Å². The predicted octanol–water partition coefficient (Wildman–Crippen LogP) is 3.17. The average molecular weight is 381 g/mol. The SMILES string of the molecule is O=C(c1nc2ccccn2c1F)N1CCC(n2ccc(C(F)(F)F)n2)CC1. The third kappa shape index (κ3) is 3.15. The molecular weight excluding hydrogens is 366 g/mol. The summed E-state index contributed by atoms with van der Waals surface area (Å²) in [6, 6.07) is 5.62. The van der Waals surface area contributed by atoms with Crippen LogP contribution in [0, 0.1) is 5.95 Å². The van der Waals surface area contributed by atoms with Crippen LogP contribution in [0.1, 0.15) is 35.1 Å². The Morgan fingerprint density at radius 2 is 1.85 bits per heavy atom. The summed E-state index contributed by atoms with van der Waals surface area (Å²) in [6.45, 7) is 0.579. The summed E-state index contributed by atoms with van der Waals surface area (Å²) in [5.74, 6) is -1.24. The molecule has 1 amide bonds. The molecule has 0 atom stereocenters. The first-order valence-corrected chi connectivity index (χ1v) is 8.39. The Bertz CT molecular complexity index is 985. The average Bonchev–Trinajstić information content (AvgIpc) is 3.27. The lowest BCUT2D eigenvalue weighted by molar-refractivity contribution is -0.141. The molecule has 0 spiro atoms. The number of amides is 1. The fourth-order valence-electron chi connectivity index (χ4n) is 3.28. The number of nitrogens with zero attached hydrogens (tertiary/aromatic N) is 5. The summed E-state index contributed by atoms with van der Waals surface area (Å²) in [5, 5.41) is 3.59. The number of likely N-dealkylation sites (tertiary alicyclic amines) is 1. The minimum atomic E-state index is -4.48. The van der Waals surface area contributed by atoms with Gasteiger partial charge in [-0.05, 0) is 31.0 Å². The Morgan fingerprint density at radius 1 is 1.11 bits per heavy atom. The number of hydrogen-bond acceptors (Lipinski definition) is 3. The molecule has 0 N–H and O–H groups in total. The van der Waals surface area contributed by atoms with Crippen molar-refractivity contribution < 1.29 is 22.4 Å². The largest absolute Gasteiger partial charge is 0.435 e. The van der Waals surface area contributed by atoms with E-state index >= 15 is 0 Å². The maximum absolute atomic E-state index is 14.4. The van der Waals surface area contributed by atoms with E-state index in [1.165, 1.54) is 26.4 Å². The fourth-order valence-corrected chi connectivity index (χ4v) is 3.28. The van der Waals surface area contributed by atoms with E-state index in [0.717, 1.165) is 6.07 Å². The van der Waals surface area contributed by atoms with Gasteiger partial charge in [-0.25, -0.2) is 4.98 Å². The normalized spacial score (nSPS) is 16.2. The number of pyridine rings is 1. The second-order valence-electron chi connectivity index (χ2n) is 6.38. The first-order valence-electron chi connectivity index (χ1n) is 8.39. The van der Waals surface area contributed by atoms with Crippen LogP contribution in [0.3, 0.4) is 0 Å². The maximum Gasteiger partial charge on any atom is 0.435 e. The van der Waals surface area contributed by atoms with E-state index in [2.05, 4.69) is 10.1 Å². The lowest BCUT2D eigenvalue weighted by Crippen LogP contribution is -2.39. The van der Waals surface area contributed by atoms with E-state index in [1.807, 2.05) is 0 Å². The minimum absolute atomic E-state index is 0.240. The maximum atomic E-state index is 14.4. The molecule has 3 aromatic rings. The molecule has 0 radical (unpaired) electrons. The summed E-state index contributed by atoms with van der Waals surface area (Å²) in [6.07, 6.45) is -0.842. The van der Waals surface area contributed by atoms with Crippen LogP contribution in [0.5, 0.6) is 0 Å². The van der Waals surface area contributed by atoms with Crippen molar-refractivity contribution in [1.82, 2.24) is 24.1 Å². The van der Waals surface area contributed by atoms with E-state index in [9.17, 15) is 22.4 Å². The van der Waals surface area contributed by atoms with Crippen molar-refractivity contribution in [3.05, 3.63) is 54.0 Å². The van der Waals surface area contributed by atoms with Gasteiger partial charge in [0, 0.05) is 25.5 Å². The number of carbonyl (C=O) groups excluding carboxylic acids is 1. The molecule has 1 aliphatic heterocycles. The van der Waals surface area contributed by atoms with Crippen molar-refractivity contribution in [2.24, 2.45) is 0 Å². The van der Waals surface area contributed by atoms with Crippen LogP contribution in [-0.2, 0) is 6.18 Å². The molecule has 3 aromatic heterocycles. The van der Waals surface area contributed by atoms with Crippen molar-refractivity contribution in [3.63, 3.8) is 0 Å². The van der Waals surface area contributed by atoms with Gasteiger partial charge in [0.05, 0.1) is 6.04 Å². The van der Waals surface area contributed by atoms with E-state index in [1.54, 1.807) is 18.2 Å². The van der Waals surface area contributed by atoms with Crippen LogP contribution in [0.2, 0.25) is 0 Å². The van der Waals surface area contributed by atoms with Crippen molar-refractivity contribution in [1.29, 1.82) is 0 Å². The summed E-state index contributed by atoms with van der Waals surface area (Å²) < 4.78 is 54.9. The predicted molar refractivity (Wildman–Crippen MR) is 86.6 cm³/mol. The molecule has 4 rings (SSSR count). The lowest BCUT2D eigenvalue weighted by Gasteiger charge is -2.31. The van der Waals surface area contributed by atoms with Crippen molar-refractivity contribution in [2.45, 2.75) is 25.1 Å². The van der Waals surface area contributed by atoms with Crippen LogP contribution in [0.25, 0.3) is 5.65 Å². The summed E-state index contributed by atoms with van der Waals surface area (Å²) in [4.78, 5) is 18.1. The highest BCUT2D eigenvalue weighted by Gasteiger charge is 2.35. The second-order valence-corrected chi connectivity index (χ2v) is 6.38. The molecule has 0 unspecified atom stereocenters. The number of piperidine rings is 1. The lowest BCUT2D eigenvalue weighted by atomic mass is 10.1. The monoisotopic (exact) mass is 381 g/mol. The molecule has 142 valence electrons. The van der Waals surface area contributed by atoms with Gasteiger partial charge in [-0.3, -0.25) is 13.9 Å². The van der Waals surface area contributed by atoms with Crippen molar-refractivity contribution >= 4 is 11.6 Å². The molecule has 4 heterocycles. The topological polar surface area (TPSA) is 55.4 Å². The molecule has 0 saturated carbocycles. The second kappa shape index (κ2) is 6.36. The molecule has 6 nitrogen and oxygen atoms in total. The molecule has 0 aromatic carbocycles. The molecular formula is C17H15F4N5O. The molecule has 1 saturated heterocycles. The molecule has 0 aliphatic carbocycles. The van der Waals surface area contributed by atoms with Crippen LogP contribution in [-0.4, -0.2) is 43.1 Å². The highest BCUT2D eigenvalue weighted by atomic mass is 19.4. The number of alkyl halides is 3. The molecule has 27 heavy (non-hydrogen) atoms. The summed E-state index contributed by atoms with van der Waals surface area (Å²) >= 11 is 0. The quantitative estimate of drug-likeness (QED) is 0.641. The molecule has 10 heteroatoms. The number of fused-ring (bicyclic) bond motifs is 1. The van der Waals surface area contributed by atoms with Crippen LogP contribution in [0.4, 0.5) is 17.6 Å². The van der Waals surface area contributed by atoms with Gasteiger partial charge in [-0.2, -0.15) is 22.7 Å². The number of hydrogen-bond donors (Lipinski definition) is 0. The zero-order valence-electron chi connectivity index (χ0n) is 14.0. The third-order valence-electron chi connectivity index (χ3n) is 4.70. The van der Waals surface area contributed by atoms with Crippen LogP contribution in [0.15, 0.2) is 36.7 Å².